The molecule has 2 aliphatic rings. The van der Waals surface area contributed by atoms with Crippen molar-refractivity contribution in [1.82, 2.24) is 41.6 Å². The standard InChI is InChI=1S/C28H27N9O10S4.ClH/c1-10-33-36-28(51-10)50-8-14-7-48-24-19(23(42)37(24)20(14)25(43)44)31-22(41)18(15-9-49-26(29)30-15)32-27(45)35-34-21(40)13-4-5-16(46-11(2)38)17(6-13)47-12(3)39;/h4-6,9,18-19,24H,7-8H2,1-3H3,(H2,29,30)(H,31,41)(H,34,40)(H,43,44)(H2,32,35,45);1H/t18?,19?,24-;/m0./s1. The first-order chi connectivity index (χ1) is 24.2. The van der Waals surface area contributed by atoms with Gasteiger partial charge in [0.15, 0.2) is 27.0 Å². The number of rotatable bonds is 11. The summed E-state index contributed by atoms with van der Waals surface area (Å²) in [6.45, 7) is 4.04. The van der Waals surface area contributed by atoms with Crippen LogP contribution in [0.4, 0.5) is 9.93 Å². The smallest absolute Gasteiger partial charge is 0.352 e. The molecule has 2 unspecified atom stereocenters. The van der Waals surface area contributed by atoms with Gasteiger partial charge in [-0.3, -0.25) is 34.3 Å². The van der Waals surface area contributed by atoms with Gasteiger partial charge in [-0.25, -0.2) is 20.0 Å². The van der Waals surface area contributed by atoms with Crippen LogP contribution in [0.25, 0.3) is 0 Å². The number of aryl methyl sites for hydroxylation is 1. The molecule has 3 aromatic rings. The van der Waals surface area contributed by atoms with Crippen LogP contribution in [0.3, 0.4) is 0 Å². The molecule has 0 bridgehead atoms. The quantitative estimate of drug-likeness (QED) is 0.0525. The van der Waals surface area contributed by atoms with E-state index in [0.717, 1.165) is 41.2 Å². The lowest BCUT2D eigenvalue weighted by Crippen LogP contribution is -2.71. The molecule has 0 saturated carbocycles. The zero-order valence-electron chi connectivity index (χ0n) is 27.0. The number of amides is 5. The van der Waals surface area contributed by atoms with Crippen LogP contribution in [0, 0.1) is 6.92 Å². The normalized spacial score (nSPS) is 16.7. The number of hydrazine groups is 1. The zero-order valence-corrected chi connectivity index (χ0v) is 31.1. The molecule has 2 aliphatic heterocycles. The first-order valence-corrected chi connectivity index (χ1v) is 18.2. The average Bonchev–Trinajstić information content (AvgIpc) is 3.70. The lowest BCUT2D eigenvalue weighted by molar-refractivity contribution is -0.151. The molecule has 4 heterocycles. The van der Waals surface area contributed by atoms with E-state index in [4.69, 9.17) is 15.2 Å². The highest BCUT2D eigenvalue weighted by atomic mass is 35.5. The van der Waals surface area contributed by atoms with Crippen molar-refractivity contribution in [2.45, 2.75) is 42.6 Å². The van der Waals surface area contributed by atoms with Gasteiger partial charge in [-0.2, -0.15) is 0 Å². The number of carbonyl (C=O) groups excluding carboxylic acids is 6. The van der Waals surface area contributed by atoms with Gasteiger partial charge in [0.2, 0.25) is 5.91 Å². The highest BCUT2D eigenvalue weighted by Crippen LogP contribution is 2.42. The number of fused-ring (bicyclic) bond motifs is 1. The molecule has 7 N–H and O–H groups in total. The Morgan fingerprint density at radius 3 is 2.42 bits per heavy atom. The number of nitrogens with zero attached hydrogens (tertiary/aromatic N) is 4. The van der Waals surface area contributed by atoms with Gasteiger partial charge in [-0.1, -0.05) is 23.1 Å². The van der Waals surface area contributed by atoms with Crippen LogP contribution < -0.4 is 36.7 Å². The second-order valence-electron chi connectivity index (χ2n) is 10.5. The van der Waals surface area contributed by atoms with Gasteiger partial charge in [-0.05, 0) is 30.7 Å². The van der Waals surface area contributed by atoms with Crippen molar-refractivity contribution in [3.8, 4) is 11.5 Å². The van der Waals surface area contributed by atoms with E-state index in [9.17, 15) is 38.7 Å². The number of esters is 2. The number of hydrogen-bond acceptors (Lipinski definition) is 17. The van der Waals surface area contributed by atoms with Crippen molar-refractivity contribution in [2.75, 3.05) is 17.2 Å². The number of anilines is 1. The molecule has 5 rings (SSSR count). The predicted molar refractivity (Wildman–Crippen MR) is 190 cm³/mol. The summed E-state index contributed by atoms with van der Waals surface area (Å²) in [6, 6.07) is -0.128. The maximum atomic E-state index is 13.5. The molecule has 0 radical (unpaired) electrons. The van der Waals surface area contributed by atoms with E-state index in [1.165, 1.54) is 52.4 Å². The third-order valence-corrected chi connectivity index (χ3v) is 10.9. The van der Waals surface area contributed by atoms with Gasteiger partial charge >= 0.3 is 23.9 Å². The SMILES string of the molecule is CC(=O)Oc1ccc(C(=O)NNC(=O)NC(C(=O)NC2C(=O)N3C(C(=O)O)=C(CSc4nnc(C)s4)CS[C@@H]23)c2csc(N)n2)cc1OC(C)=O.Cl. The Bertz CT molecular complexity index is 1970. The number of β-lactam (4-membered cyclic amide) rings is 1. The molecule has 1 saturated heterocycles. The van der Waals surface area contributed by atoms with E-state index < -0.39 is 59.1 Å². The number of aliphatic carboxylic acids is 1. The highest BCUT2D eigenvalue weighted by molar-refractivity contribution is 8.01. The Morgan fingerprint density at radius 1 is 1.10 bits per heavy atom. The molecule has 1 fully saturated rings. The van der Waals surface area contributed by atoms with Gasteiger partial charge in [0.05, 0.1) is 5.69 Å². The summed E-state index contributed by atoms with van der Waals surface area (Å²) in [5, 5.41) is 24.4. The fourth-order valence-electron chi connectivity index (χ4n) is 4.70. The van der Waals surface area contributed by atoms with Gasteiger partial charge in [-0.15, -0.1) is 45.7 Å². The Labute approximate surface area is 316 Å². The number of halogens is 1. The molecule has 1 aromatic carbocycles. The minimum Gasteiger partial charge on any atom is -0.477 e. The molecule has 52 heavy (non-hydrogen) atoms. The number of aromatic nitrogens is 3. The summed E-state index contributed by atoms with van der Waals surface area (Å²) >= 11 is 4.93. The number of thiazole rings is 1. The molecule has 3 atom stereocenters. The minimum atomic E-state index is -1.50. The number of carbonyl (C=O) groups is 7. The van der Waals surface area contributed by atoms with Gasteiger partial charge in [0, 0.05) is 36.3 Å². The van der Waals surface area contributed by atoms with E-state index in [1.54, 1.807) is 6.92 Å². The second kappa shape index (κ2) is 17.0. The molecule has 0 spiro atoms. The Hall–Kier alpha value is -4.97. The van der Waals surface area contributed by atoms with Crippen molar-refractivity contribution in [3.63, 3.8) is 0 Å². The van der Waals surface area contributed by atoms with E-state index >= 15 is 0 Å². The molecular weight excluding hydrogens is 786 g/mol. The molecule has 5 amide bonds. The molecule has 0 aliphatic carbocycles. The van der Waals surface area contributed by atoms with Gasteiger partial charge < -0.3 is 30.9 Å². The maximum absolute atomic E-state index is 13.5. The van der Waals surface area contributed by atoms with Crippen LogP contribution in [0.1, 0.15) is 40.9 Å². The van der Waals surface area contributed by atoms with Crippen LogP contribution in [0.5, 0.6) is 11.5 Å². The first kappa shape index (κ1) is 39.8. The third kappa shape index (κ3) is 9.27. The Kier molecular flexibility index (Phi) is 13.0. The van der Waals surface area contributed by atoms with Crippen LogP contribution in [-0.4, -0.2) is 89.8 Å². The maximum Gasteiger partial charge on any atom is 0.352 e. The number of ether oxygens (including phenoxy) is 2. The van der Waals surface area contributed by atoms with Crippen LogP contribution in [-0.2, 0) is 24.0 Å². The van der Waals surface area contributed by atoms with Gasteiger partial charge in [0.25, 0.3) is 11.8 Å². The summed E-state index contributed by atoms with van der Waals surface area (Å²) in [4.78, 5) is 92.8. The van der Waals surface area contributed by atoms with Crippen molar-refractivity contribution >= 4 is 105 Å². The summed E-state index contributed by atoms with van der Waals surface area (Å²) in [5.41, 5.74) is 10.3. The summed E-state index contributed by atoms with van der Waals surface area (Å²) in [5.74, 6) is -4.93. The molecule has 24 heteroatoms. The molecule has 2 aromatic heterocycles. The van der Waals surface area contributed by atoms with Crippen molar-refractivity contribution in [2.24, 2.45) is 0 Å². The Morgan fingerprint density at radius 2 is 1.81 bits per heavy atom. The monoisotopic (exact) mass is 813 g/mol. The van der Waals surface area contributed by atoms with Crippen molar-refractivity contribution in [1.29, 1.82) is 0 Å². The van der Waals surface area contributed by atoms with E-state index in [2.05, 4.69) is 36.7 Å². The van der Waals surface area contributed by atoms with Crippen molar-refractivity contribution in [3.05, 3.63) is 51.1 Å². The van der Waals surface area contributed by atoms with Crippen molar-refractivity contribution < 1.29 is 48.1 Å². The average molecular weight is 814 g/mol. The minimum absolute atomic E-state index is 0. The Balaban J connectivity index is 0.00000605. The number of nitrogens with one attached hydrogen (secondary N) is 4. The number of urea groups is 1. The fourth-order valence-corrected chi connectivity index (χ4v) is 8.59. The first-order valence-electron chi connectivity index (χ1n) is 14.4. The topological polar surface area (TPSA) is 274 Å². The number of hydrogen-bond donors (Lipinski definition) is 6. The zero-order chi connectivity index (χ0) is 37.0. The van der Waals surface area contributed by atoms with Crippen LogP contribution >= 0.6 is 58.6 Å². The molecular formula is C28H28ClN9O10S4. The lowest BCUT2D eigenvalue weighted by atomic mass is 10.0. The second-order valence-corrected chi connectivity index (χ2v) is 14.9. The predicted octanol–water partition coefficient (Wildman–Crippen LogP) is 1.37. The number of nitrogens with two attached hydrogens (primary N) is 1. The number of benzene rings is 1. The summed E-state index contributed by atoms with van der Waals surface area (Å²) in [6.07, 6.45) is 0. The highest BCUT2D eigenvalue weighted by Gasteiger charge is 2.54. The van der Waals surface area contributed by atoms with E-state index in [0.29, 0.717) is 9.91 Å². The fraction of sp³-hybridized carbons (Fsp3) is 0.286. The summed E-state index contributed by atoms with van der Waals surface area (Å²) < 4.78 is 10.6. The largest absolute Gasteiger partial charge is 0.477 e. The number of nitrogen functional groups attached to an aromatic ring is 1. The lowest BCUT2D eigenvalue weighted by Gasteiger charge is -2.49. The molecule has 19 nitrogen and oxygen atoms in total. The molecule has 276 valence electrons. The third-order valence-electron chi connectivity index (χ3n) is 6.80. The number of carboxylic acids is 1. The summed E-state index contributed by atoms with van der Waals surface area (Å²) in [7, 11) is 0. The van der Waals surface area contributed by atoms with Crippen LogP contribution in [0.15, 0.2) is 39.2 Å². The van der Waals surface area contributed by atoms with Gasteiger partial charge in [0.1, 0.15) is 22.1 Å². The van der Waals surface area contributed by atoms with E-state index in [-0.39, 0.29) is 57.5 Å². The number of thioether (sulfide) groups is 2. The van der Waals surface area contributed by atoms with Crippen LogP contribution in [0.2, 0.25) is 0 Å². The van der Waals surface area contributed by atoms with E-state index in [1.807, 2.05) is 0 Å². The number of carboxylic acid groups (broad SMARTS) is 1.